The van der Waals surface area contributed by atoms with E-state index in [1.54, 1.807) is 7.11 Å². The molecule has 1 heterocycles. The minimum absolute atomic E-state index is 0.281. The van der Waals surface area contributed by atoms with Gasteiger partial charge in [-0.25, -0.2) is 9.97 Å². The van der Waals surface area contributed by atoms with Gasteiger partial charge < -0.3 is 10.1 Å². The van der Waals surface area contributed by atoms with Crippen LogP contribution in [0.25, 0.3) is 10.9 Å². The fourth-order valence-electron chi connectivity index (χ4n) is 2.27. The normalized spacial score (nSPS) is 10.7. The van der Waals surface area contributed by atoms with Crippen LogP contribution >= 0.6 is 27.5 Å². The van der Waals surface area contributed by atoms with Gasteiger partial charge in [0.2, 0.25) is 0 Å². The second kappa shape index (κ2) is 7.15. The summed E-state index contributed by atoms with van der Waals surface area (Å²) in [5, 5.41) is 4.33. The number of hydrogen-bond acceptors (Lipinski definition) is 4. The summed E-state index contributed by atoms with van der Waals surface area (Å²) in [5.74, 6) is 2.51. The van der Waals surface area contributed by atoms with Crippen LogP contribution in [0.4, 0.5) is 5.82 Å². The number of hydrogen-bond donors (Lipinski definition) is 1. The zero-order valence-electron chi connectivity index (χ0n) is 12.5. The van der Waals surface area contributed by atoms with Gasteiger partial charge in [-0.15, -0.1) is 11.6 Å². The fourth-order valence-corrected chi connectivity index (χ4v) is 2.75. The summed E-state index contributed by atoms with van der Waals surface area (Å²) in [6.45, 7) is 0.657. The van der Waals surface area contributed by atoms with Crippen LogP contribution in [0.5, 0.6) is 5.75 Å². The van der Waals surface area contributed by atoms with Gasteiger partial charge >= 0.3 is 0 Å². The van der Waals surface area contributed by atoms with E-state index in [1.807, 2.05) is 42.5 Å². The Bertz CT molecular complexity index is 824. The van der Waals surface area contributed by atoms with Crippen LogP contribution in [-0.4, -0.2) is 17.1 Å². The fraction of sp³-hybridized carbons (Fsp3) is 0.176. The first kappa shape index (κ1) is 16.0. The van der Waals surface area contributed by atoms with Crippen LogP contribution in [-0.2, 0) is 12.4 Å². The first-order valence-corrected chi connectivity index (χ1v) is 8.41. The number of alkyl halides is 1. The quantitative estimate of drug-likeness (QED) is 0.636. The monoisotopic (exact) mass is 391 g/mol. The highest BCUT2D eigenvalue weighted by atomic mass is 79.9. The maximum Gasteiger partial charge on any atom is 0.146 e. The van der Waals surface area contributed by atoms with Gasteiger partial charge in [0.1, 0.15) is 17.4 Å². The minimum Gasteiger partial charge on any atom is -0.497 e. The Hall–Kier alpha value is -1.85. The Kier molecular flexibility index (Phi) is 4.98. The van der Waals surface area contributed by atoms with Crippen molar-refractivity contribution < 1.29 is 4.74 Å². The number of rotatable bonds is 5. The van der Waals surface area contributed by atoms with E-state index in [4.69, 9.17) is 16.3 Å². The molecule has 0 radical (unpaired) electrons. The van der Waals surface area contributed by atoms with E-state index in [0.717, 1.165) is 32.5 Å². The third-order valence-corrected chi connectivity index (χ3v) is 4.17. The number of aromatic nitrogens is 2. The summed E-state index contributed by atoms with van der Waals surface area (Å²) in [6, 6.07) is 13.8. The molecule has 6 heteroatoms. The summed E-state index contributed by atoms with van der Waals surface area (Å²) < 4.78 is 6.16. The molecule has 0 atom stereocenters. The molecule has 3 rings (SSSR count). The number of anilines is 1. The predicted molar refractivity (Wildman–Crippen MR) is 97.1 cm³/mol. The molecular formula is C17H15BrClN3O. The minimum atomic E-state index is 0.281. The van der Waals surface area contributed by atoms with Crippen molar-refractivity contribution in [2.45, 2.75) is 12.4 Å². The zero-order chi connectivity index (χ0) is 16.2. The summed E-state index contributed by atoms with van der Waals surface area (Å²) in [4.78, 5) is 8.96. The lowest BCUT2D eigenvalue weighted by molar-refractivity contribution is 0.414. The Labute approximate surface area is 148 Å². The highest BCUT2D eigenvalue weighted by Crippen LogP contribution is 2.25. The van der Waals surface area contributed by atoms with Crippen molar-refractivity contribution in [2.24, 2.45) is 0 Å². The molecule has 3 aromatic rings. The lowest BCUT2D eigenvalue weighted by atomic mass is 10.2. The van der Waals surface area contributed by atoms with Gasteiger partial charge in [0, 0.05) is 16.4 Å². The van der Waals surface area contributed by atoms with Gasteiger partial charge in [-0.3, -0.25) is 0 Å². The number of methoxy groups -OCH3 is 1. The van der Waals surface area contributed by atoms with Crippen LogP contribution in [0.1, 0.15) is 11.4 Å². The second-order valence-electron chi connectivity index (χ2n) is 4.99. The number of halogens is 2. The van der Waals surface area contributed by atoms with Gasteiger partial charge in [0.25, 0.3) is 0 Å². The highest BCUT2D eigenvalue weighted by Gasteiger charge is 2.08. The lowest BCUT2D eigenvalue weighted by Crippen LogP contribution is -2.05. The number of ether oxygens (including phenoxy) is 1. The molecular weight excluding hydrogens is 378 g/mol. The Morgan fingerprint density at radius 1 is 1.13 bits per heavy atom. The maximum absolute atomic E-state index is 5.91. The Morgan fingerprint density at radius 2 is 1.91 bits per heavy atom. The van der Waals surface area contributed by atoms with E-state index in [1.165, 1.54) is 0 Å². The van der Waals surface area contributed by atoms with Gasteiger partial charge in [-0.1, -0.05) is 28.1 Å². The topological polar surface area (TPSA) is 47.0 Å². The maximum atomic E-state index is 5.91. The molecule has 0 saturated carbocycles. The molecule has 0 aliphatic heterocycles. The average molecular weight is 393 g/mol. The van der Waals surface area contributed by atoms with Gasteiger partial charge in [-0.05, 0) is 35.9 Å². The van der Waals surface area contributed by atoms with Gasteiger partial charge in [-0.2, -0.15) is 0 Å². The van der Waals surface area contributed by atoms with Crippen LogP contribution in [0.2, 0.25) is 0 Å². The number of fused-ring (bicyclic) bond motifs is 1. The van der Waals surface area contributed by atoms with E-state index < -0.39 is 0 Å². The van der Waals surface area contributed by atoms with E-state index >= 15 is 0 Å². The molecule has 0 fully saturated rings. The van der Waals surface area contributed by atoms with Crippen LogP contribution in [0.3, 0.4) is 0 Å². The molecule has 0 amide bonds. The first-order valence-electron chi connectivity index (χ1n) is 7.08. The molecule has 1 aromatic heterocycles. The van der Waals surface area contributed by atoms with Crippen molar-refractivity contribution in [3.8, 4) is 5.75 Å². The van der Waals surface area contributed by atoms with Gasteiger partial charge in [0.05, 0.1) is 18.5 Å². The highest BCUT2D eigenvalue weighted by molar-refractivity contribution is 9.10. The van der Waals surface area contributed by atoms with Crippen LogP contribution in [0.15, 0.2) is 46.9 Å². The molecule has 0 spiro atoms. The van der Waals surface area contributed by atoms with E-state index in [-0.39, 0.29) is 5.88 Å². The molecule has 0 saturated heterocycles. The Balaban J connectivity index is 1.89. The average Bonchev–Trinajstić information content (AvgIpc) is 2.60. The number of nitrogens with zero attached hydrogens (tertiary/aromatic N) is 2. The summed E-state index contributed by atoms with van der Waals surface area (Å²) >= 11 is 9.40. The molecule has 23 heavy (non-hydrogen) atoms. The van der Waals surface area contributed by atoms with E-state index in [9.17, 15) is 0 Å². The lowest BCUT2D eigenvalue weighted by Gasteiger charge is -2.11. The van der Waals surface area contributed by atoms with Crippen molar-refractivity contribution in [3.05, 3.63) is 58.3 Å². The van der Waals surface area contributed by atoms with Gasteiger partial charge in [0.15, 0.2) is 0 Å². The van der Waals surface area contributed by atoms with Crippen LogP contribution < -0.4 is 10.1 Å². The summed E-state index contributed by atoms with van der Waals surface area (Å²) in [6.07, 6.45) is 0. The molecule has 118 valence electrons. The van der Waals surface area contributed by atoms with Crippen molar-refractivity contribution >= 4 is 44.3 Å². The van der Waals surface area contributed by atoms with Crippen LogP contribution in [0, 0.1) is 0 Å². The van der Waals surface area contributed by atoms with Crippen molar-refractivity contribution in [1.29, 1.82) is 0 Å². The number of nitrogens with one attached hydrogen (secondary N) is 1. The predicted octanol–water partition coefficient (Wildman–Crippen LogP) is 4.75. The Morgan fingerprint density at radius 3 is 2.61 bits per heavy atom. The van der Waals surface area contributed by atoms with E-state index in [2.05, 4.69) is 31.2 Å². The largest absolute Gasteiger partial charge is 0.497 e. The zero-order valence-corrected chi connectivity index (χ0v) is 14.9. The molecule has 2 aromatic carbocycles. The smallest absolute Gasteiger partial charge is 0.146 e. The van der Waals surface area contributed by atoms with Crippen molar-refractivity contribution in [1.82, 2.24) is 9.97 Å². The third-order valence-electron chi connectivity index (χ3n) is 3.44. The standard InChI is InChI=1S/C17H15BrClN3O/c1-23-13-5-2-11(3-6-13)10-20-17-14-8-12(18)4-7-15(14)21-16(9-19)22-17/h2-8H,9-10H2,1H3,(H,20,21,22). The first-order chi connectivity index (χ1) is 11.2. The molecule has 4 nitrogen and oxygen atoms in total. The molecule has 1 N–H and O–H groups in total. The van der Waals surface area contributed by atoms with Crippen molar-refractivity contribution in [2.75, 3.05) is 12.4 Å². The molecule has 0 bridgehead atoms. The van der Waals surface area contributed by atoms with Crippen molar-refractivity contribution in [3.63, 3.8) is 0 Å². The summed E-state index contributed by atoms with van der Waals surface area (Å²) in [5.41, 5.74) is 2.01. The second-order valence-corrected chi connectivity index (χ2v) is 6.17. The SMILES string of the molecule is COc1ccc(CNc2nc(CCl)nc3ccc(Br)cc23)cc1. The number of benzene rings is 2. The van der Waals surface area contributed by atoms with E-state index in [0.29, 0.717) is 12.4 Å². The molecule has 0 unspecified atom stereocenters. The third kappa shape index (κ3) is 3.74. The molecule has 0 aliphatic carbocycles. The summed E-state index contributed by atoms with van der Waals surface area (Å²) in [7, 11) is 1.66. The molecule has 0 aliphatic rings.